The van der Waals surface area contributed by atoms with Gasteiger partial charge in [-0.2, -0.15) is 5.10 Å². The van der Waals surface area contributed by atoms with E-state index in [1.165, 1.54) is 0 Å². The number of fused-ring (bicyclic) bond motifs is 1. The minimum atomic E-state index is -0.917. The minimum absolute atomic E-state index is 0.107. The summed E-state index contributed by atoms with van der Waals surface area (Å²) in [5, 5.41) is 13.4. The quantitative estimate of drug-likeness (QED) is 0.815. The molecule has 0 saturated heterocycles. The van der Waals surface area contributed by atoms with Crippen LogP contribution in [0.2, 0.25) is 0 Å². The second-order valence-electron chi connectivity index (χ2n) is 3.75. The Morgan fingerprint density at radius 1 is 1.47 bits per heavy atom. The largest absolute Gasteiger partial charge is 0.478 e. The van der Waals surface area contributed by atoms with E-state index >= 15 is 0 Å². The number of pyridine rings is 1. The molecule has 78 valence electrons. The van der Waals surface area contributed by atoms with Gasteiger partial charge >= 0.3 is 5.97 Å². The molecule has 2 rings (SSSR count). The average molecular weight is 204 g/mol. The van der Waals surface area contributed by atoms with Gasteiger partial charge in [0.05, 0.1) is 11.2 Å². The van der Waals surface area contributed by atoms with Gasteiger partial charge in [-0.15, -0.1) is 0 Å². The third kappa shape index (κ3) is 1.48. The van der Waals surface area contributed by atoms with E-state index in [0.29, 0.717) is 16.8 Å². The van der Waals surface area contributed by atoms with Crippen LogP contribution in [0.3, 0.4) is 0 Å². The summed E-state index contributed by atoms with van der Waals surface area (Å²) in [4.78, 5) is 11.1. The lowest BCUT2D eigenvalue weighted by atomic mass is 10.1. The predicted molar refractivity (Wildman–Crippen MR) is 56.2 cm³/mol. The van der Waals surface area contributed by atoms with Crippen molar-refractivity contribution in [3.63, 3.8) is 0 Å². The number of aromatic nitrogens is 2. The lowest BCUT2D eigenvalue weighted by Gasteiger charge is -2.00. The van der Waals surface area contributed by atoms with Crippen LogP contribution < -0.4 is 0 Å². The smallest absolute Gasteiger partial charge is 0.339 e. The van der Waals surface area contributed by atoms with Crippen molar-refractivity contribution >= 4 is 11.5 Å². The van der Waals surface area contributed by atoms with Crippen molar-refractivity contribution in [1.82, 2.24) is 9.61 Å². The standard InChI is InChI=1S/C11H12N2O2/c1-7(2)10-9(11(14)15)8-5-3-4-6-13(8)12-10/h3-7H,1-2H3,(H,14,15). The van der Waals surface area contributed by atoms with Crippen LogP contribution in [0.5, 0.6) is 0 Å². The summed E-state index contributed by atoms with van der Waals surface area (Å²) in [5.74, 6) is -0.809. The third-order valence-electron chi connectivity index (χ3n) is 2.33. The molecule has 0 saturated carbocycles. The van der Waals surface area contributed by atoms with Gasteiger partial charge in [0.25, 0.3) is 0 Å². The Kier molecular flexibility index (Phi) is 2.19. The van der Waals surface area contributed by atoms with E-state index in [0.717, 1.165) is 0 Å². The molecule has 0 aliphatic heterocycles. The number of nitrogens with zero attached hydrogens (tertiary/aromatic N) is 2. The minimum Gasteiger partial charge on any atom is -0.478 e. The Balaban J connectivity index is 2.80. The van der Waals surface area contributed by atoms with Crippen LogP contribution in [0, 0.1) is 0 Å². The number of carboxylic acid groups (broad SMARTS) is 1. The number of aromatic carboxylic acids is 1. The van der Waals surface area contributed by atoms with Gasteiger partial charge < -0.3 is 5.11 Å². The van der Waals surface area contributed by atoms with E-state index in [4.69, 9.17) is 5.11 Å². The number of carboxylic acids is 1. The van der Waals surface area contributed by atoms with E-state index in [2.05, 4.69) is 5.10 Å². The predicted octanol–water partition coefficient (Wildman–Crippen LogP) is 2.16. The van der Waals surface area contributed by atoms with E-state index in [9.17, 15) is 4.79 Å². The maximum absolute atomic E-state index is 11.1. The number of hydrogen-bond acceptors (Lipinski definition) is 2. The molecule has 0 aliphatic rings. The van der Waals surface area contributed by atoms with Gasteiger partial charge in [-0.05, 0) is 18.1 Å². The first kappa shape index (κ1) is 9.71. The van der Waals surface area contributed by atoms with Crippen LogP contribution in [-0.4, -0.2) is 20.7 Å². The van der Waals surface area contributed by atoms with Crippen molar-refractivity contribution in [3.05, 3.63) is 35.7 Å². The van der Waals surface area contributed by atoms with E-state index < -0.39 is 5.97 Å². The molecule has 4 heteroatoms. The van der Waals surface area contributed by atoms with Crippen molar-refractivity contribution in [2.24, 2.45) is 0 Å². The molecule has 0 bridgehead atoms. The highest BCUT2D eigenvalue weighted by atomic mass is 16.4. The molecule has 0 amide bonds. The molecule has 0 radical (unpaired) electrons. The normalized spacial score (nSPS) is 11.1. The Bertz CT molecular complexity index is 514. The molecule has 2 aromatic heterocycles. The first-order valence-corrected chi connectivity index (χ1v) is 4.82. The lowest BCUT2D eigenvalue weighted by Crippen LogP contribution is -2.01. The first-order chi connectivity index (χ1) is 7.11. The van der Waals surface area contributed by atoms with Gasteiger partial charge in [-0.3, -0.25) is 0 Å². The van der Waals surface area contributed by atoms with Crippen molar-refractivity contribution in [2.75, 3.05) is 0 Å². The van der Waals surface area contributed by atoms with Crippen molar-refractivity contribution in [3.8, 4) is 0 Å². The maximum atomic E-state index is 11.1. The van der Waals surface area contributed by atoms with Gasteiger partial charge in [0, 0.05) is 6.20 Å². The highest BCUT2D eigenvalue weighted by Gasteiger charge is 2.20. The van der Waals surface area contributed by atoms with Crippen molar-refractivity contribution in [1.29, 1.82) is 0 Å². The second kappa shape index (κ2) is 3.38. The zero-order valence-electron chi connectivity index (χ0n) is 8.64. The second-order valence-corrected chi connectivity index (χ2v) is 3.75. The fourth-order valence-corrected chi connectivity index (χ4v) is 1.64. The SMILES string of the molecule is CC(C)c1nn2ccccc2c1C(=O)O. The summed E-state index contributed by atoms with van der Waals surface area (Å²) in [7, 11) is 0. The zero-order valence-corrected chi connectivity index (χ0v) is 8.64. The summed E-state index contributed by atoms with van der Waals surface area (Å²) >= 11 is 0. The third-order valence-corrected chi connectivity index (χ3v) is 2.33. The molecule has 0 aromatic carbocycles. The summed E-state index contributed by atoms with van der Waals surface area (Å²) in [6.07, 6.45) is 1.76. The highest BCUT2D eigenvalue weighted by molar-refractivity contribution is 5.97. The maximum Gasteiger partial charge on any atom is 0.339 e. The summed E-state index contributed by atoms with van der Waals surface area (Å²) in [6, 6.07) is 5.41. The van der Waals surface area contributed by atoms with Crippen LogP contribution >= 0.6 is 0 Å². The van der Waals surface area contributed by atoms with Crippen molar-refractivity contribution < 1.29 is 9.90 Å². The van der Waals surface area contributed by atoms with Gasteiger partial charge in [0.1, 0.15) is 5.56 Å². The van der Waals surface area contributed by atoms with E-state index in [-0.39, 0.29) is 5.92 Å². The molecule has 2 aromatic rings. The first-order valence-electron chi connectivity index (χ1n) is 4.82. The molecular formula is C11H12N2O2. The van der Waals surface area contributed by atoms with Crippen LogP contribution in [0.15, 0.2) is 24.4 Å². The van der Waals surface area contributed by atoms with Gasteiger partial charge in [0.15, 0.2) is 0 Å². The number of hydrogen-bond donors (Lipinski definition) is 1. The molecule has 2 heterocycles. The number of carbonyl (C=O) groups is 1. The molecule has 0 aliphatic carbocycles. The van der Waals surface area contributed by atoms with Gasteiger partial charge in [-0.25, -0.2) is 9.31 Å². The van der Waals surface area contributed by atoms with E-state index in [1.807, 2.05) is 26.0 Å². The molecule has 0 fully saturated rings. The molecule has 15 heavy (non-hydrogen) atoms. The topological polar surface area (TPSA) is 54.6 Å². The van der Waals surface area contributed by atoms with Crippen LogP contribution in [0.1, 0.15) is 35.8 Å². The molecule has 0 unspecified atom stereocenters. The average Bonchev–Trinajstić information content (AvgIpc) is 2.56. The molecular weight excluding hydrogens is 192 g/mol. The monoisotopic (exact) mass is 204 g/mol. The number of rotatable bonds is 2. The molecule has 1 N–H and O–H groups in total. The van der Waals surface area contributed by atoms with Gasteiger partial charge in [0.2, 0.25) is 0 Å². The highest BCUT2D eigenvalue weighted by Crippen LogP contribution is 2.22. The fraction of sp³-hybridized carbons (Fsp3) is 0.273. The molecule has 4 nitrogen and oxygen atoms in total. The molecule has 0 atom stereocenters. The van der Waals surface area contributed by atoms with Crippen LogP contribution in [-0.2, 0) is 0 Å². The van der Waals surface area contributed by atoms with Crippen LogP contribution in [0.25, 0.3) is 5.52 Å². The van der Waals surface area contributed by atoms with E-state index in [1.54, 1.807) is 16.8 Å². The Labute approximate surface area is 87.2 Å². The summed E-state index contributed by atoms with van der Waals surface area (Å²) < 4.78 is 1.61. The van der Waals surface area contributed by atoms with Crippen molar-refractivity contribution in [2.45, 2.75) is 19.8 Å². The molecule has 0 spiro atoms. The Morgan fingerprint density at radius 2 is 2.20 bits per heavy atom. The summed E-state index contributed by atoms with van der Waals surface area (Å²) in [6.45, 7) is 3.88. The Hall–Kier alpha value is -1.84. The fourth-order valence-electron chi connectivity index (χ4n) is 1.64. The summed E-state index contributed by atoms with van der Waals surface area (Å²) in [5.41, 5.74) is 1.59. The van der Waals surface area contributed by atoms with Gasteiger partial charge in [-0.1, -0.05) is 19.9 Å². The Morgan fingerprint density at radius 3 is 2.80 bits per heavy atom. The van der Waals surface area contributed by atoms with Crippen LogP contribution in [0.4, 0.5) is 0 Å². The zero-order chi connectivity index (χ0) is 11.0. The lowest BCUT2D eigenvalue weighted by molar-refractivity contribution is 0.0697.